The standard InChI is InChI=1S/C18H15BrN2O2S/c1-13-9-10-20-12-16(13)14-7-8-18(17(19)11-14)21-24(22,23)15-5-3-2-4-6-15/h2-12,21H,1H3. The van der Waals surface area contributed by atoms with Crippen LogP contribution in [0.2, 0.25) is 0 Å². The minimum Gasteiger partial charge on any atom is -0.278 e. The second-order valence-corrected chi connectivity index (χ2v) is 7.84. The average Bonchev–Trinajstić information content (AvgIpc) is 2.58. The number of hydrogen-bond donors (Lipinski definition) is 1. The Morgan fingerprint density at radius 3 is 2.46 bits per heavy atom. The smallest absolute Gasteiger partial charge is 0.261 e. The Labute approximate surface area is 149 Å². The maximum atomic E-state index is 12.4. The summed E-state index contributed by atoms with van der Waals surface area (Å²) in [7, 11) is -3.61. The lowest BCUT2D eigenvalue weighted by Gasteiger charge is -2.12. The van der Waals surface area contributed by atoms with Gasteiger partial charge in [0.25, 0.3) is 10.0 Å². The van der Waals surface area contributed by atoms with Crippen LogP contribution in [0.25, 0.3) is 11.1 Å². The molecule has 0 aliphatic heterocycles. The van der Waals surface area contributed by atoms with Crippen LogP contribution in [0.15, 0.2) is 76.4 Å². The average molecular weight is 403 g/mol. The van der Waals surface area contributed by atoms with Crippen LogP contribution in [0.3, 0.4) is 0 Å². The van der Waals surface area contributed by atoms with Gasteiger partial charge in [-0.2, -0.15) is 0 Å². The second kappa shape index (κ2) is 6.75. The van der Waals surface area contributed by atoms with Gasteiger partial charge in [-0.1, -0.05) is 24.3 Å². The monoisotopic (exact) mass is 402 g/mol. The maximum Gasteiger partial charge on any atom is 0.261 e. The summed E-state index contributed by atoms with van der Waals surface area (Å²) in [6, 6.07) is 15.7. The van der Waals surface area contributed by atoms with Gasteiger partial charge >= 0.3 is 0 Å². The van der Waals surface area contributed by atoms with E-state index in [1.165, 1.54) is 0 Å². The number of aromatic nitrogens is 1. The van der Waals surface area contributed by atoms with Crippen LogP contribution in [-0.2, 0) is 10.0 Å². The summed E-state index contributed by atoms with van der Waals surface area (Å²) in [4.78, 5) is 4.37. The zero-order chi connectivity index (χ0) is 17.2. The van der Waals surface area contributed by atoms with Crippen LogP contribution in [0.5, 0.6) is 0 Å². The molecular weight excluding hydrogens is 388 g/mol. The molecule has 0 saturated heterocycles. The van der Waals surface area contributed by atoms with Crippen molar-refractivity contribution in [1.29, 1.82) is 0 Å². The number of hydrogen-bond acceptors (Lipinski definition) is 3. The highest BCUT2D eigenvalue weighted by atomic mass is 79.9. The molecule has 3 rings (SSSR count). The fraction of sp³-hybridized carbons (Fsp3) is 0.0556. The van der Waals surface area contributed by atoms with Crippen LogP contribution in [-0.4, -0.2) is 13.4 Å². The summed E-state index contributed by atoms with van der Waals surface area (Å²) in [5.41, 5.74) is 3.57. The van der Waals surface area contributed by atoms with Gasteiger partial charge in [0.1, 0.15) is 0 Å². The van der Waals surface area contributed by atoms with Gasteiger partial charge < -0.3 is 0 Å². The van der Waals surface area contributed by atoms with E-state index in [1.54, 1.807) is 48.8 Å². The van der Waals surface area contributed by atoms with Crippen molar-refractivity contribution < 1.29 is 8.42 Å². The van der Waals surface area contributed by atoms with E-state index in [9.17, 15) is 8.42 Å². The summed E-state index contributed by atoms with van der Waals surface area (Å²) in [6.07, 6.45) is 3.54. The van der Waals surface area contributed by atoms with Gasteiger partial charge in [-0.25, -0.2) is 8.42 Å². The largest absolute Gasteiger partial charge is 0.278 e. The summed E-state index contributed by atoms with van der Waals surface area (Å²) >= 11 is 3.45. The van der Waals surface area contributed by atoms with Crippen molar-refractivity contribution >= 4 is 31.6 Å². The normalized spacial score (nSPS) is 11.2. The summed E-state index contributed by atoms with van der Waals surface area (Å²) < 4.78 is 28.1. The number of nitrogens with one attached hydrogen (secondary N) is 1. The number of pyridine rings is 1. The van der Waals surface area contributed by atoms with Crippen molar-refractivity contribution in [2.24, 2.45) is 0 Å². The minimum atomic E-state index is -3.61. The Morgan fingerprint density at radius 1 is 1.04 bits per heavy atom. The van der Waals surface area contributed by atoms with Gasteiger partial charge in [0.05, 0.1) is 10.6 Å². The Balaban J connectivity index is 1.93. The predicted octanol–water partition coefficient (Wildman–Crippen LogP) is 4.62. The Hall–Kier alpha value is -2.18. The minimum absolute atomic E-state index is 0.226. The molecule has 0 bridgehead atoms. The molecule has 1 aromatic heterocycles. The van der Waals surface area contributed by atoms with E-state index in [4.69, 9.17) is 0 Å². The Morgan fingerprint density at radius 2 is 1.79 bits per heavy atom. The number of anilines is 1. The van der Waals surface area contributed by atoms with E-state index in [-0.39, 0.29) is 4.90 Å². The zero-order valence-electron chi connectivity index (χ0n) is 12.9. The SMILES string of the molecule is Cc1ccncc1-c1ccc(NS(=O)(=O)c2ccccc2)c(Br)c1. The molecule has 0 radical (unpaired) electrons. The second-order valence-electron chi connectivity index (χ2n) is 5.30. The van der Waals surface area contributed by atoms with Crippen molar-refractivity contribution in [3.8, 4) is 11.1 Å². The molecule has 1 heterocycles. The first kappa shape index (κ1) is 16.7. The lowest BCUT2D eigenvalue weighted by Crippen LogP contribution is -2.13. The zero-order valence-corrected chi connectivity index (χ0v) is 15.3. The molecule has 0 amide bonds. The lowest BCUT2D eigenvalue weighted by atomic mass is 10.0. The fourth-order valence-electron chi connectivity index (χ4n) is 2.33. The molecule has 0 spiro atoms. The van der Waals surface area contributed by atoms with Crippen LogP contribution in [0.1, 0.15) is 5.56 Å². The Bertz CT molecular complexity index is 973. The van der Waals surface area contributed by atoms with Crippen LogP contribution < -0.4 is 4.72 Å². The van der Waals surface area contributed by atoms with Crippen LogP contribution in [0.4, 0.5) is 5.69 Å². The third kappa shape index (κ3) is 3.49. The van der Waals surface area contributed by atoms with Crippen molar-refractivity contribution in [2.45, 2.75) is 11.8 Å². The first-order chi connectivity index (χ1) is 11.5. The molecule has 0 unspecified atom stereocenters. The van der Waals surface area contributed by atoms with E-state index >= 15 is 0 Å². The van der Waals surface area contributed by atoms with E-state index in [1.807, 2.05) is 25.1 Å². The highest BCUT2D eigenvalue weighted by molar-refractivity contribution is 9.10. The summed E-state index contributed by atoms with van der Waals surface area (Å²) in [5.74, 6) is 0. The molecule has 0 atom stereocenters. The van der Waals surface area contributed by atoms with Gasteiger partial charge in [0.15, 0.2) is 0 Å². The maximum absolute atomic E-state index is 12.4. The molecule has 0 saturated carbocycles. The third-order valence-electron chi connectivity index (χ3n) is 3.62. The van der Waals surface area contributed by atoms with Crippen LogP contribution in [0, 0.1) is 6.92 Å². The topological polar surface area (TPSA) is 59.1 Å². The highest BCUT2D eigenvalue weighted by Gasteiger charge is 2.15. The molecule has 0 aliphatic rings. The van der Waals surface area contributed by atoms with Crippen molar-refractivity contribution in [1.82, 2.24) is 4.98 Å². The quantitative estimate of drug-likeness (QED) is 0.692. The van der Waals surface area contributed by atoms with Gasteiger partial charge in [-0.15, -0.1) is 0 Å². The summed E-state index contributed by atoms with van der Waals surface area (Å²) in [6.45, 7) is 2.01. The molecule has 24 heavy (non-hydrogen) atoms. The molecule has 6 heteroatoms. The molecule has 1 N–H and O–H groups in total. The van der Waals surface area contributed by atoms with Gasteiger partial charge in [0.2, 0.25) is 0 Å². The molecular formula is C18H15BrN2O2S. The fourth-order valence-corrected chi connectivity index (χ4v) is 4.04. The number of aryl methyl sites for hydroxylation is 1. The van der Waals surface area contributed by atoms with Gasteiger partial charge in [-0.05, 0) is 64.3 Å². The number of halogens is 1. The van der Waals surface area contributed by atoms with E-state index < -0.39 is 10.0 Å². The first-order valence-corrected chi connectivity index (χ1v) is 9.53. The first-order valence-electron chi connectivity index (χ1n) is 7.26. The molecule has 2 aromatic carbocycles. The molecule has 122 valence electrons. The van der Waals surface area contributed by atoms with E-state index in [2.05, 4.69) is 25.6 Å². The van der Waals surface area contributed by atoms with Crippen molar-refractivity contribution in [2.75, 3.05) is 4.72 Å². The van der Waals surface area contributed by atoms with E-state index in [0.29, 0.717) is 10.2 Å². The van der Waals surface area contributed by atoms with Gasteiger partial charge in [0, 0.05) is 22.4 Å². The molecule has 4 nitrogen and oxygen atoms in total. The van der Waals surface area contributed by atoms with E-state index in [0.717, 1.165) is 16.7 Å². The highest BCUT2D eigenvalue weighted by Crippen LogP contribution is 2.31. The Kier molecular flexibility index (Phi) is 4.69. The summed E-state index contributed by atoms with van der Waals surface area (Å²) in [5, 5.41) is 0. The number of rotatable bonds is 4. The molecule has 3 aromatic rings. The van der Waals surface area contributed by atoms with Crippen molar-refractivity contribution in [3.63, 3.8) is 0 Å². The van der Waals surface area contributed by atoms with Gasteiger partial charge in [-0.3, -0.25) is 9.71 Å². The lowest BCUT2D eigenvalue weighted by molar-refractivity contribution is 0.601. The molecule has 0 aliphatic carbocycles. The van der Waals surface area contributed by atoms with Crippen LogP contribution >= 0.6 is 15.9 Å². The van der Waals surface area contributed by atoms with Crippen molar-refractivity contribution in [3.05, 3.63) is 77.0 Å². The number of nitrogens with zero attached hydrogens (tertiary/aromatic N) is 1. The third-order valence-corrected chi connectivity index (χ3v) is 5.65. The predicted molar refractivity (Wildman–Crippen MR) is 99.4 cm³/mol. The number of benzene rings is 2. The molecule has 0 fully saturated rings. The number of sulfonamides is 1.